The molecule has 0 atom stereocenters. The molecule has 0 spiro atoms. The molecule has 1 amide bonds. The summed E-state index contributed by atoms with van der Waals surface area (Å²) >= 11 is 0. The van der Waals surface area contributed by atoms with Crippen LogP contribution in [0.2, 0.25) is 0 Å². The van der Waals surface area contributed by atoms with Gasteiger partial charge in [0, 0.05) is 44.7 Å². The van der Waals surface area contributed by atoms with Crippen molar-refractivity contribution in [3.8, 4) is 17.7 Å². The number of aromatic nitrogens is 2. The van der Waals surface area contributed by atoms with Gasteiger partial charge in [-0.25, -0.2) is 4.98 Å². The molecule has 0 aromatic carbocycles. The van der Waals surface area contributed by atoms with Crippen LogP contribution in [-0.4, -0.2) is 47.2 Å². The van der Waals surface area contributed by atoms with Gasteiger partial charge in [0.2, 0.25) is 5.88 Å². The lowest BCUT2D eigenvalue weighted by atomic mass is 9.97. The summed E-state index contributed by atoms with van der Waals surface area (Å²) in [5, 5.41) is 8.93. The molecule has 8 heteroatoms. The molecule has 0 aliphatic carbocycles. The maximum Gasteiger partial charge on any atom is 0.259 e. The van der Waals surface area contributed by atoms with E-state index < -0.39 is 0 Å². The molecule has 1 aliphatic rings. The number of nitrogens with zero attached hydrogens (tertiary/aromatic N) is 4. The topological polar surface area (TPSA) is 97.5 Å². The van der Waals surface area contributed by atoms with Crippen LogP contribution in [0.25, 0.3) is 0 Å². The Labute approximate surface area is 162 Å². The van der Waals surface area contributed by atoms with Gasteiger partial charge in [0.15, 0.2) is 0 Å². The number of carbonyl (C=O) groups excluding carboxylic acids is 1. The fourth-order valence-electron chi connectivity index (χ4n) is 3.18. The standard InChI is InChI=1S/C20H22N4O4/c1-23-12-16(17(27-2)10-19(23)25)20(26)24-7-4-14(5-8-24)13-28-18-9-15(11-21)3-6-22-18/h3,6,9-10,12,14H,4-5,7-8,13H2,1-2H3. The SMILES string of the molecule is COc1cc(=O)n(C)cc1C(=O)N1CCC(COc2cc(C#N)ccn2)CC1. The fraction of sp³-hybridized carbons (Fsp3) is 0.400. The first-order chi connectivity index (χ1) is 13.5. The Hall–Kier alpha value is -3.34. The first-order valence-electron chi connectivity index (χ1n) is 9.04. The second-order valence-electron chi connectivity index (χ2n) is 6.75. The van der Waals surface area contributed by atoms with Crippen LogP contribution in [0.4, 0.5) is 0 Å². The van der Waals surface area contributed by atoms with Crippen LogP contribution < -0.4 is 15.0 Å². The number of hydrogen-bond donors (Lipinski definition) is 0. The van der Waals surface area contributed by atoms with Crippen LogP contribution in [-0.2, 0) is 7.05 Å². The minimum Gasteiger partial charge on any atom is -0.496 e. The van der Waals surface area contributed by atoms with E-state index in [4.69, 9.17) is 14.7 Å². The molecule has 2 aromatic rings. The largest absolute Gasteiger partial charge is 0.496 e. The predicted molar refractivity (Wildman–Crippen MR) is 101 cm³/mol. The summed E-state index contributed by atoms with van der Waals surface area (Å²) in [7, 11) is 3.06. The van der Waals surface area contributed by atoms with Crippen molar-refractivity contribution in [2.75, 3.05) is 26.8 Å². The highest BCUT2D eigenvalue weighted by Gasteiger charge is 2.26. The summed E-state index contributed by atoms with van der Waals surface area (Å²) in [6.07, 6.45) is 4.68. The number of carbonyl (C=O) groups is 1. The van der Waals surface area contributed by atoms with E-state index >= 15 is 0 Å². The zero-order valence-electron chi connectivity index (χ0n) is 15.9. The lowest BCUT2D eigenvalue weighted by molar-refractivity contribution is 0.0655. The Morgan fingerprint density at radius 1 is 1.36 bits per heavy atom. The number of rotatable bonds is 5. The van der Waals surface area contributed by atoms with Gasteiger partial charge < -0.3 is 18.9 Å². The third kappa shape index (κ3) is 4.31. The Morgan fingerprint density at radius 2 is 2.11 bits per heavy atom. The third-order valence-corrected chi connectivity index (χ3v) is 4.87. The van der Waals surface area contributed by atoms with Crippen LogP contribution in [0.1, 0.15) is 28.8 Å². The molecule has 0 radical (unpaired) electrons. The monoisotopic (exact) mass is 382 g/mol. The van der Waals surface area contributed by atoms with Crippen molar-refractivity contribution in [1.29, 1.82) is 5.26 Å². The van der Waals surface area contributed by atoms with Gasteiger partial charge >= 0.3 is 0 Å². The van der Waals surface area contributed by atoms with E-state index in [0.29, 0.717) is 48.4 Å². The molecule has 1 aliphatic heterocycles. The Bertz CT molecular complexity index is 955. The normalized spacial score (nSPS) is 14.4. The number of methoxy groups -OCH3 is 1. The summed E-state index contributed by atoms with van der Waals surface area (Å²) < 4.78 is 12.3. The second kappa shape index (κ2) is 8.57. The summed E-state index contributed by atoms with van der Waals surface area (Å²) in [6.45, 7) is 1.70. The van der Waals surface area contributed by atoms with E-state index in [1.165, 1.54) is 23.9 Å². The van der Waals surface area contributed by atoms with Gasteiger partial charge in [0.05, 0.1) is 30.9 Å². The van der Waals surface area contributed by atoms with E-state index in [-0.39, 0.29) is 11.5 Å². The molecule has 0 saturated carbocycles. The van der Waals surface area contributed by atoms with E-state index in [1.54, 1.807) is 30.3 Å². The highest BCUT2D eigenvalue weighted by Crippen LogP contribution is 2.23. The Kier molecular flexibility index (Phi) is 5.94. The zero-order valence-corrected chi connectivity index (χ0v) is 15.9. The third-order valence-electron chi connectivity index (χ3n) is 4.87. The molecule has 2 aromatic heterocycles. The number of piperidine rings is 1. The van der Waals surface area contributed by atoms with Gasteiger partial charge in [-0.05, 0) is 24.8 Å². The molecule has 0 unspecified atom stereocenters. The number of aryl methyl sites for hydroxylation is 1. The summed E-state index contributed by atoms with van der Waals surface area (Å²) in [6, 6.07) is 6.64. The van der Waals surface area contributed by atoms with Crippen molar-refractivity contribution in [1.82, 2.24) is 14.5 Å². The van der Waals surface area contributed by atoms with Crippen molar-refractivity contribution in [3.63, 3.8) is 0 Å². The maximum absolute atomic E-state index is 12.9. The van der Waals surface area contributed by atoms with Gasteiger partial charge in [-0.3, -0.25) is 9.59 Å². The van der Waals surface area contributed by atoms with Gasteiger partial charge in [-0.15, -0.1) is 0 Å². The van der Waals surface area contributed by atoms with Crippen molar-refractivity contribution in [2.24, 2.45) is 13.0 Å². The molecule has 1 saturated heterocycles. The minimum absolute atomic E-state index is 0.143. The Morgan fingerprint density at radius 3 is 2.79 bits per heavy atom. The lowest BCUT2D eigenvalue weighted by Crippen LogP contribution is -2.40. The van der Waals surface area contributed by atoms with Crippen molar-refractivity contribution in [2.45, 2.75) is 12.8 Å². The molecule has 3 heterocycles. The number of likely N-dealkylation sites (tertiary alicyclic amines) is 1. The smallest absolute Gasteiger partial charge is 0.259 e. The minimum atomic E-state index is -0.224. The molecule has 1 fully saturated rings. The van der Waals surface area contributed by atoms with Crippen LogP contribution in [0.15, 0.2) is 35.4 Å². The van der Waals surface area contributed by atoms with E-state index in [0.717, 1.165) is 12.8 Å². The molecule has 146 valence electrons. The fourth-order valence-corrected chi connectivity index (χ4v) is 3.18. The maximum atomic E-state index is 12.9. The summed E-state index contributed by atoms with van der Waals surface area (Å²) in [5.74, 6) is 0.892. The highest BCUT2D eigenvalue weighted by atomic mass is 16.5. The average Bonchev–Trinajstić information content (AvgIpc) is 2.74. The Balaban J connectivity index is 1.58. The number of amides is 1. The number of pyridine rings is 2. The van der Waals surface area contributed by atoms with Crippen molar-refractivity contribution in [3.05, 3.63) is 52.1 Å². The van der Waals surface area contributed by atoms with Crippen LogP contribution in [0.5, 0.6) is 11.6 Å². The lowest BCUT2D eigenvalue weighted by Gasteiger charge is -2.32. The molecular weight excluding hydrogens is 360 g/mol. The van der Waals surface area contributed by atoms with Gasteiger partial charge in [-0.1, -0.05) is 0 Å². The molecule has 0 N–H and O–H groups in total. The van der Waals surface area contributed by atoms with Gasteiger partial charge in [0.25, 0.3) is 11.5 Å². The van der Waals surface area contributed by atoms with Crippen LogP contribution in [0, 0.1) is 17.2 Å². The van der Waals surface area contributed by atoms with Crippen LogP contribution >= 0.6 is 0 Å². The number of ether oxygens (including phenoxy) is 2. The quantitative estimate of drug-likeness (QED) is 0.779. The molecule has 0 bridgehead atoms. The molecule has 8 nitrogen and oxygen atoms in total. The predicted octanol–water partition coefficient (Wildman–Crippen LogP) is 1.59. The van der Waals surface area contributed by atoms with Crippen molar-refractivity contribution < 1.29 is 14.3 Å². The van der Waals surface area contributed by atoms with E-state index in [9.17, 15) is 9.59 Å². The van der Waals surface area contributed by atoms with Crippen LogP contribution in [0.3, 0.4) is 0 Å². The number of nitriles is 1. The zero-order chi connectivity index (χ0) is 20.1. The molecular formula is C20H22N4O4. The van der Waals surface area contributed by atoms with Gasteiger partial charge in [-0.2, -0.15) is 5.26 Å². The molecule has 3 rings (SSSR count). The van der Waals surface area contributed by atoms with E-state index in [1.807, 2.05) is 0 Å². The number of hydrogen-bond acceptors (Lipinski definition) is 6. The first-order valence-corrected chi connectivity index (χ1v) is 9.04. The van der Waals surface area contributed by atoms with E-state index in [2.05, 4.69) is 11.1 Å². The first kappa shape index (κ1) is 19.4. The second-order valence-corrected chi connectivity index (χ2v) is 6.75. The summed E-state index contributed by atoms with van der Waals surface area (Å²) in [5.41, 5.74) is 0.673. The summed E-state index contributed by atoms with van der Waals surface area (Å²) in [4.78, 5) is 30.5. The highest BCUT2D eigenvalue weighted by molar-refractivity contribution is 5.96. The van der Waals surface area contributed by atoms with Gasteiger partial charge in [0.1, 0.15) is 5.75 Å². The molecule has 28 heavy (non-hydrogen) atoms. The van der Waals surface area contributed by atoms with Crippen molar-refractivity contribution >= 4 is 5.91 Å². The average molecular weight is 382 g/mol.